The van der Waals surface area contributed by atoms with Gasteiger partial charge in [0.05, 0.1) is 12.5 Å². The highest BCUT2D eigenvalue weighted by atomic mass is 17.2. The highest BCUT2D eigenvalue weighted by molar-refractivity contribution is 5.75. The van der Waals surface area contributed by atoms with Gasteiger partial charge in [-0.25, -0.2) is 19.4 Å². The van der Waals surface area contributed by atoms with E-state index in [0.29, 0.717) is 6.42 Å². The number of carbonyl (C=O) groups excluding carboxylic acids is 2. The van der Waals surface area contributed by atoms with Crippen molar-refractivity contribution in [3.8, 4) is 0 Å². The van der Waals surface area contributed by atoms with Crippen molar-refractivity contribution in [1.29, 1.82) is 0 Å². The summed E-state index contributed by atoms with van der Waals surface area (Å²) in [5.74, 6) is -1.86. The van der Waals surface area contributed by atoms with E-state index in [-0.39, 0.29) is 12.8 Å². The van der Waals surface area contributed by atoms with Crippen LogP contribution in [0.25, 0.3) is 0 Å². The Kier molecular flexibility index (Phi) is 6.64. The standard InChI is InChI=1S/C9H16O6/c1-3-6(10)5-8(12)14-15-9(13)7(11)4-2/h6-7,10-11H,3-5H2,1-2H3. The van der Waals surface area contributed by atoms with Crippen LogP contribution in [0.1, 0.15) is 33.1 Å². The number of hydrogen-bond donors (Lipinski definition) is 2. The molecule has 0 saturated carbocycles. The molecule has 0 aromatic carbocycles. The van der Waals surface area contributed by atoms with Gasteiger partial charge < -0.3 is 10.2 Å². The van der Waals surface area contributed by atoms with E-state index in [1.165, 1.54) is 0 Å². The molecule has 0 spiro atoms. The highest BCUT2D eigenvalue weighted by Gasteiger charge is 2.18. The summed E-state index contributed by atoms with van der Waals surface area (Å²) in [5.41, 5.74) is 0. The monoisotopic (exact) mass is 220 g/mol. The Morgan fingerprint density at radius 3 is 2.20 bits per heavy atom. The van der Waals surface area contributed by atoms with E-state index in [0.717, 1.165) is 0 Å². The Morgan fingerprint density at radius 2 is 1.73 bits per heavy atom. The number of rotatable bonds is 5. The molecule has 0 aliphatic rings. The van der Waals surface area contributed by atoms with Gasteiger partial charge >= 0.3 is 11.9 Å². The second-order valence-corrected chi connectivity index (χ2v) is 3.05. The fourth-order valence-electron chi connectivity index (χ4n) is 0.680. The molecule has 2 N–H and O–H groups in total. The molecule has 0 aliphatic heterocycles. The maximum atomic E-state index is 10.9. The molecule has 88 valence electrons. The second-order valence-electron chi connectivity index (χ2n) is 3.05. The van der Waals surface area contributed by atoms with Crippen molar-refractivity contribution in [2.24, 2.45) is 0 Å². The van der Waals surface area contributed by atoms with Crippen molar-refractivity contribution in [1.82, 2.24) is 0 Å². The summed E-state index contributed by atoms with van der Waals surface area (Å²) < 4.78 is 0. The Bertz CT molecular complexity index is 215. The molecular weight excluding hydrogens is 204 g/mol. The third kappa shape index (κ3) is 6.03. The highest BCUT2D eigenvalue weighted by Crippen LogP contribution is 2.00. The molecule has 0 amide bonds. The van der Waals surface area contributed by atoms with Crippen LogP contribution < -0.4 is 0 Å². The molecule has 2 atom stereocenters. The van der Waals surface area contributed by atoms with Gasteiger partial charge in [-0.3, -0.25) is 0 Å². The van der Waals surface area contributed by atoms with Crippen molar-refractivity contribution in [3.05, 3.63) is 0 Å². The smallest absolute Gasteiger partial charge is 0.383 e. The van der Waals surface area contributed by atoms with Crippen molar-refractivity contribution >= 4 is 11.9 Å². The predicted octanol–water partition coefficient (Wildman–Crippen LogP) is -0.0803. The molecule has 0 aliphatic carbocycles. The maximum absolute atomic E-state index is 10.9. The molecule has 2 unspecified atom stereocenters. The molecule has 0 heterocycles. The molecule has 0 rings (SSSR count). The van der Waals surface area contributed by atoms with Crippen LogP contribution in [0.15, 0.2) is 0 Å². The van der Waals surface area contributed by atoms with E-state index in [4.69, 9.17) is 10.2 Å². The summed E-state index contributed by atoms with van der Waals surface area (Å²) in [6.07, 6.45) is -1.78. The van der Waals surface area contributed by atoms with Crippen LogP contribution in [-0.4, -0.2) is 34.4 Å². The average Bonchev–Trinajstić information content (AvgIpc) is 2.24. The molecule has 0 aromatic heterocycles. The first-order valence-corrected chi connectivity index (χ1v) is 4.78. The van der Waals surface area contributed by atoms with Crippen molar-refractivity contribution in [2.45, 2.75) is 45.3 Å². The van der Waals surface area contributed by atoms with E-state index < -0.39 is 24.1 Å². The molecular formula is C9H16O6. The van der Waals surface area contributed by atoms with Crippen LogP contribution in [0.2, 0.25) is 0 Å². The van der Waals surface area contributed by atoms with Crippen LogP contribution in [0.5, 0.6) is 0 Å². The predicted molar refractivity (Wildman–Crippen MR) is 49.4 cm³/mol. The first-order valence-electron chi connectivity index (χ1n) is 4.78. The van der Waals surface area contributed by atoms with Gasteiger partial charge in [-0.15, -0.1) is 0 Å². The summed E-state index contributed by atoms with van der Waals surface area (Å²) >= 11 is 0. The zero-order valence-electron chi connectivity index (χ0n) is 8.80. The van der Waals surface area contributed by atoms with Gasteiger partial charge in [-0.2, -0.15) is 0 Å². The lowest BCUT2D eigenvalue weighted by Crippen LogP contribution is -2.24. The normalized spacial score (nSPS) is 14.1. The number of carbonyl (C=O) groups is 2. The Balaban J connectivity index is 3.76. The van der Waals surface area contributed by atoms with Crippen LogP contribution in [-0.2, 0) is 19.4 Å². The van der Waals surface area contributed by atoms with E-state index in [9.17, 15) is 9.59 Å². The van der Waals surface area contributed by atoms with Crippen molar-refractivity contribution in [3.63, 3.8) is 0 Å². The summed E-state index contributed by atoms with van der Waals surface area (Å²) in [4.78, 5) is 29.9. The first-order chi connectivity index (χ1) is 7.01. The molecule has 0 radical (unpaired) electrons. The Morgan fingerprint density at radius 1 is 1.13 bits per heavy atom. The fourth-order valence-corrected chi connectivity index (χ4v) is 0.680. The fraction of sp³-hybridized carbons (Fsp3) is 0.778. The van der Waals surface area contributed by atoms with Gasteiger partial charge in [-0.05, 0) is 12.8 Å². The van der Waals surface area contributed by atoms with Crippen molar-refractivity contribution < 1.29 is 29.6 Å². The SMILES string of the molecule is CCC(O)CC(=O)OOC(=O)C(O)CC. The third-order valence-corrected chi connectivity index (χ3v) is 1.75. The zero-order chi connectivity index (χ0) is 11.8. The third-order valence-electron chi connectivity index (χ3n) is 1.75. The van der Waals surface area contributed by atoms with Gasteiger partial charge in [0.1, 0.15) is 0 Å². The van der Waals surface area contributed by atoms with Crippen LogP contribution in [0.4, 0.5) is 0 Å². The minimum absolute atomic E-state index is 0.175. The van der Waals surface area contributed by atoms with Gasteiger partial charge in [0.15, 0.2) is 6.10 Å². The molecule has 0 aromatic rings. The largest absolute Gasteiger partial charge is 0.393 e. The van der Waals surface area contributed by atoms with Gasteiger partial charge in [0.2, 0.25) is 0 Å². The Labute approximate surface area is 87.7 Å². The molecule has 0 bridgehead atoms. The van der Waals surface area contributed by atoms with E-state index in [1.54, 1.807) is 13.8 Å². The van der Waals surface area contributed by atoms with E-state index >= 15 is 0 Å². The lowest BCUT2D eigenvalue weighted by molar-refractivity contribution is -0.265. The topological polar surface area (TPSA) is 93.1 Å². The summed E-state index contributed by atoms with van der Waals surface area (Å²) in [7, 11) is 0. The minimum Gasteiger partial charge on any atom is -0.393 e. The number of aliphatic hydroxyl groups is 2. The van der Waals surface area contributed by atoms with Crippen LogP contribution in [0, 0.1) is 0 Å². The van der Waals surface area contributed by atoms with Gasteiger partial charge in [0.25, 0.3) is 0 Å². The maximum Gasteiger partial charge on any atom is 0.383 e. The summed E-state index contributed by atoms with van der Waals surface area (Å²) in [5, 5.41) is 18.0. The van der Waals surface area contributed by atoms with Crippen molar-refractivity contribution in [2.75, 3.05) is 0 Å². The molecule has 6 nitrogen and oxygen atoms in total. The van der Waals surface area contributed by atoms with Gasteiger partial charge in [-0.1, -0.05) is 13.8 Å². The second kappa shape index (κ2) is 7.19. The lowest BCUT2D eigenvalue weighted by Gasteiger charge is -2.08. The summed E-state index contributed by atoms with van der Waals surface area (Å²) in [6.45, 7) is 3.28. The number of aliphatic hydroxyl groups excluding tert-OH is 2. The average molecular weight is 220 g/mol. The minimum atomic E-state index is -1.30. The molecule has 0 saturated heterocycles. The summed E-state index contributed by atoms with van der Waals surface area (Å²) in [6, 6.07) is 0. The van der Waals surface area contributed by atoms with E-state index in [2.05, 4.69) is 9.78 Å². The lowest BCUT2D eigenvalue weighted by atomic mass is 10.2. The quantitative estimate of drug-likeness (QED) is 0.497. The van der Waals surface area contributed by atoms with E-state index in [1.807, 2.05) is 0 Å². The first kappa shape index (κ1) is 13.9. The molecule has 0 fully saturated rings. The van der Waals surface area contributed by atoms with Crippen LogP contribution in [0.3, 0.4) is 0 Å². The Hall–Kier alpha value is -1.14. The zero-order valence-corrected chi connectivity index (χ0v) is 8.80. The molecule has 6 heteroatoms. The number of hydrogen-bond acceptors (Lipinski definition) is 6. The van der Waals surface area contributed by atoms with Gasteiger partial charge in [0, 0.05) is 0 Å². The molecule has 15 heavy (non-hydrogen) atoms. The van der Waals surface area contributed by atoms with Crippen LogP contribution >= 0.6 is 0 Å².